The van der Waals surface area contributed by atoms with Crippen molar-refractivity contribution in [1.29, 1.82) is 0 Å². The van der Waals surface area contributed by atoms with Crippen LogP contribution in [-0.2, 0) is 22.6 Å². The van der Waals surface area contributed by atoms with Crippen LogP contribution in [0.5, 0.6) is 0 Å². The molecule has 1 saturated heterocycles. The normalized spacial score (nSPS) is 23.0. The number of rotatable bonds is 7. The summed E-state index contributed by atoms with van der Waals surface area (Å²) < 4.78 is 5.83. The van der Waals surface area contributed by atoms with Crippen molar-refractivity contribution in [3.8, 4) is 0 Å². The summed E-state index contributed by atoms with van der Waals surface area (Å²) in [6.07, 6.45) is 4.69. The number of nitrogens with zero attached hydrogens (tertiary/aromatic N) is 3. The molecule has 2 unspecified atom stereocenters. The topological polar surface area (TPSA) is 69.2 Å². The Kier molecular flexibility index (Phi) is 10.9. The molecular formula is C25H42IN5O2. The minimum Gasteiger partial charge on any atom is -0.373 e. The zero-order valence-electron chi connectivity index (χ0n) is 20.9. The van der Waals surface area contributed by atoms with E-state index in [2.05, 4.69) is 58.6 Å². The third kappa shape index (κ3) is 7.82. The fraction of sp³-hybridized carbons (Fsp3) is 0.680. The molecule has 0 radical (unpaired) electrons. The average Bonchev–Trinajstić information content (AvgIpc) is 3.23. The molecule has 1 saturated carbocycles. The minimum atomic E-state index is -0.308. The van der Waals surface area contributed by atoms with Crippen LogP contribution >= 0.6 is 24.0 Å². The molecule has 8 heteroatoms. The zero-order chi connectivity index (χ0) is 23.1. The van der Waals surface area contributed by atoms with Crippen molar-refractivity contribution in [3.05, 3.63) is 35.4 Å². The van der Waals surface area contributed by atoms with Crippen molar-refractivity contribution < 1.29 is 9.53 Å². The van der Waals surface area contributed by atoms with Crippen molar-refractivity contribution in [2.24, 2.45) is 10.4 Å². The van der Waals surface area contributed by atoms with E-state index in [1.807, 2.05) is 14.1 Å². The van der Waals surface area contributed by atoms with Crippen molar-refractivity contribution in [1.82, 2.24) is 20.4 Å². The predicted octanol–water partition coefficient (Wildman–Crippen LogP) is 3.23. The van der Waals surface area contributed by atoms with E-state index in [-0.39, 0.29) is 47.5 Å². The van der Waals surface area contributed by atoms with Crippen LogP contribution in [0, 0.1) is 5.41 Å². The second-order valence-electron chi connectivity index (χ2n) is 9.73. The molecule has 1 aliphatic heterocycles. The van der Waals surface area contributed by atoms with E-state index in [4.69, 9.17) is 4.74 Å². The number of aliphatic imine (C=N–C) groups is 1. The number of nitrogens with one attached hydrogen (secondary N) is 2. The molecule has 1 aliphatic carbocycles. The fourth-order valence-corrected chi connectivity index (χ4v) is 5.09. The lowest BCUT2D eigenvalue weighted by Gasteiger charge is -2.35. The van der Waals surface area contributed by atoms with Gasteiger partial charge in [-0.3, -0.25) is 14.7 Å². The van der Waals surface area contributed by atoms with E-state index in [0.29, 0.717) is 13.1 Å². The highest BCUT2D eigenvalue weighted by Gasteiger charge is 2.42. The Labute approximate surface area is 216 Å². The number of ether oxygens (including phenoxy) is 1. The van der Waals surface area contributed by atoms with Gasteiger partial charge in [0, 0.05) is 53.9 Å². The quantitative estimate of drug-likeness (QED) is 0.299. The molecule has 0 aromatic heterocycles. The predicted molar refractivity (Wildman–Crippen MR) is 145 cm³/mol. The molecule has 1 aromatic carbocycles. The van der Waals surface area contributed by atoms with Crippen molar-refractivity contribution in [2.45, 2.75) is 64.8 Å². The van der Waals surface area contributed by atoms with Gasteiger partial charge in [-0.25, -0.2) is 0 Å². The standard InChI is InChI=1S/C25H41N5O2.HI/c1-19-15-30(16-20(2)32-19)17-22-10-8-21(9-11-22)14-27-24(26-3)28-18-25(12-6-7-13-25)23(31)29(4)5;/h8-11,19-20H,6-7,12-18H2,1-5H3,(H2,26,27,28);1H. The van der Waals surface area contributed by atoms with E-state index in [0.717, 1.165) is 51.3 Å². The smallest absolute Gasteiger partial charge is 0.230 e. The third-order valence-electron chi connectivity index (χ3n) is 6.62. The Morgan fingerprint density at radius 3 is 2.21 bits per heavy atom. The van der Waals surface area contributed by atoms with Crippen molar-refractivity contribution in [3.63, 3.8) is 0 Å². The van der Waals surface area contributed by atoms with E-state index < -0.39 is 0 Å². The Morgan fingerprint density at radius 2 is 1.67 bits per heavy atom. The van der Waals surface area contributed by atoms with Gasteiger partial charge < -0.3 is 20.3 Å². The number of morpholine rings is 1. The number of hydrogen-bond donors (Lipinski definition) is 2. The molecule has 186 valence electrons. The molecule has 2 atom stereocenters. The van der Waals surface area contributed by atoms with E-state index in [9.17, 15) is 4.79 Å². The van der Waals surface area contributed by atoms with E-state index in [1.54, 1.807) is 11.9 Å². The molecule has 2 aliphatic rings. The van der Waals surface area contributed by atoms with Gasteiger partial charge >= 0.3 is 0 Å². The van der Waals surface area contributed by atoms with Gasteiger partial charge in [-0.2, -0.15) is 0 Å². The van der Waals surface area contributed by atoms with Crippen LogP contribution in [0.4, 0.5) is 0 Å². The molecule has 1 amide bonds. The maximum absolute atomic E-state index is 12.8. The molecular weight excluding hydrogens is 529 g/mol. The van der Waals surface area contributed by atoms with E-state index in [1.165, 1.54) is 11.1 Å². The SMILES string of the molecule is CN=C(NCc1ccc(CN2CC(C)OC(C)C2)cc1)NCC1(C(=O)N(C)C)CCCC1.I. The first-order valence-corrected chi connectivity index (χ1v) is 11.9. The first-order valence-electron chi connectivity index (χ1n) is 11.9. The zero-order valence-corrected chi connectivity index (χ0v) is 23.2. The van der Waals surface area contributed by atoms with Crippen LogP contribution in [0.15, 0.2) is 29.3 Å². The Balaban J connectivity index is 0.00000385. The van der Waals surface area contributed by atoms with Crippen LogP contribution in [-0.4, -0.2) is 74.7 Å². The van der Waals surface area contributed by atoms with Gasteiger partial charge in [-0.05, 0) is 37.8 Å². The van der Waals surface area contributed by atoms with Gasteiger partial charge in [0.05, 0.1) is 17.6 Å². The van der Waals surface area contributed by atoms with Crippen molar-refractivity contribution in [2.75, 3.05) is 40.8 Å². The molecule has 1 aromatic rings. The lowest BCUT2D eigenvalue weighted by Crippen LogP contribution is -2.49. The number of hydrogen-bond acceptors (Lipinski definition) is 4. The fourth-order valence-electron chi connectivity index (χ4n) is 5.09. The number of carbonyl (C=O) groups excluding carboxylic acids is 1. The number of benzene rings is 1. The summed E-state index contributed by atoms with van der Waals surface area (Å²) >= 11 is 0. The maximum Gasteiger partial charge on any atom is 0.230 e. The van der Waals surface area contributed by atoms with Gasteiger partial charge in [0.1, 0.15) is 0 Å². The Hall–Kier alpha value is -1.39. The van der Waals surface area contributed by atoms with Gasteiger partial charge in [0.25, 0.3) is 0 Å². The summed E-state index contributed by atoms with van der Waals surface area (Å²) in [4.78, 5) is 21.3. The summed E-state index contributed by atoms with van der Waals surface area (Å²) in [5.41, 5.74) is 2.22. The van der Waals surface area contributed by atoms with Gasteiger partial charge in [-0.15, -0.1) is 24.0 Å². The summed E-state index contributed by atoms with van der Waals surface area (Å²) in [6.45, 7) is 8.52. The van der Waals surface area contributed by atoms with Crippen molar-refractivity contribution >= 4 is 35.8 Å². The molecule has 7 nitrogen and oxygen atoms in total. The Morgan fingerprint density at radius 1 is 1.09 bits per heavy atom. The largest absolute Gasteiger partial charge is 0.373 e. The molecule has 0 bridgehead atoms. The average molecular weight is 572 g/mol. The molecule has 2 fully saturated rings. The van der Waals surface area contributed by atoms with Crippen LogP contribution < -0.4 is 10.6 Å². The number of guanidine groups is 1. The number of carbonyl (C=O) groups is 1. The number of halogens is 1. The molecule has 1 heterocycles. The van der Waals surface area contributed by atoms with Gasteiger partial charge in [0.15, 0.2) is 5.96 Å². The molecule has 2 N–H and O–H groups in total. The van der Waals surface area contributed by atoms with Gasteiger partial charge in [-0.1, -0.05) is 37.1 Å². The highest BCUT2D eigenvalue weighted by Crippen LogP contribution is 2.38. The minimum absolute atomic E-state index is 0. The molecule has 33 heavy (non-hydrogen) atoms. The third-order valence-corrected chi connectivity index (χ3v) is 6.62. The molecule has 3 rings (SSSR count). The molecule has 0 spiro atoms. The second kappa shape index (κ2) is 12.9. The first kappa shape index (κ1) is 27.9. The first-order chi connectivity index (χ1) is 15.3. The monoisotopic (exact) mass is 571 g/mol. The van der Waals surface area contributed by atoms with E-state index >= 15 is 0 Å². The van der Waals surface area contributed by atoms with Crippen LogP contribution in [0.3, 0.4) is 0 Å². The summed E-state index contributed by atoms with van der Waals surface area (Å²) in [5.74, 6) is 0.959. The summed E-state index contributed by atoms with van der Waals surface area (Å²) in [7, 11) is 5.47. The summed E-state index contributed by atoms with van der Waals surface area (Å²) in [5, 5.41) is 6.80. The highest BCUT2D eigenvalue weighted by atomic mass is 127. The lowest BCUT2D eigenvalue weighted by molar-refractivity contribution is -0.138. The summed E-state index contributed by atoms with van der Waals surface area (Å²) in [6, 6.07) is 8.77. The van der Waals surface area contributed by atoms with Crippen LogP contribution in [0.25, 0.3) is 0 Å². The van der Waals surface area contributed by atoms with Crippen LogP contribution in [0.2, 0.25) is 0 Å². The number of amides is 1. The Bertz CT molecular complexity index is 768. The van der Waals surface area contributed by atoms with Gasteiger partial charge in [0.2, 0.25) is 5.91 Å². The lowest BCUT2D eigenvalue weighted by atomic mass is 9.84. The maximum atomic E-state index is 12.8. The highest BCUT2D eigenvalue weighted by molar-refractivity contribution is 14.0. The second-order valence-corrected chi connectivity index (χ2v) is 9.73. The van der Waals surface area contributed by atoms with Crippen LogP contribution in [0.1, 0.15) is 50.7 Å².